The summed E-state index contributed by atoms with van der Waals surface area (Å²) in [5.41, 5.74) is 1.90. The second kappa shape index (κ2) is 10.4. The monoisotopic (exact) mass is 460 g/mol. The van der Waals surface area contributed by atoms with Crippen molar-refractivity contribution in [3.05, 3.63) is 35.0 Å². The Hall–Kier alpha value is -3.20. The first-order valence-electron chi connectivity index (χ1n) is 10.4. The first-order valence-corrected chi connectivity index (χ1v) is 10.8. The number of aromatic amines is 1. The molecule has 2 heterocycles. The van der Waals surface area contributed by atoms with Crippen molar-refractivity contribution in [1.82, 2.24) is 15.2 Å². The summed E-state index contributed by atoms with van der Waals surface area (Å²) in [5.74, 6) is -2.43. The van der Waals surface area contributed by atoms with Crippen molar-refractivity contribution in [2.75, 3.05) is 6.54 Å². The van der Waals surface area contributed by atoms with Gasteiger partial charge < -0.3 is 20.3 Å². The highest BCUT2D eigenvalue weighted by molar-refractivity contribution is 6.31. The predicted molar refractivity (Wildman–Crippen MR) is 120 cm³/mol. The fourth-order valence-corrected chi connectivity index (χ4v) is 4.16. The Balaban J connectivity index is 1.62. The van der Waals surface area contributed by atoms with Gasteiger partial charge in [0.05, 0.1) is 0 Å². The largest absolute Gasteiger partial charge is 0.481 e. The first kappa shape index (κ1) is 23.5. The number of aliphatic imine (C=N–C) groups is 1. The van der Waals surface area contributed by atoms with Gasteiger partial charge in [-0.1, -0.05) is 11.6 Å². The normalized spacial score (nSPS) is 16.7. The van der Waals surface area contributed by atoms with Crippen LogP contribution in [0.25, 0.3) is 10.9 Å². The summed E-state index contributed by atoms with van der Waals surface area (Å²) in [5, 5.41) is 13.0. The van der Waals surface area contributed by atoms with Crippen LogP contribution in [-0.4, -0.2) is 64.0 Å². The number of H-pyrrole nitrogens is 1. The summed E-state index contributed by atoms with van der Waals surface area (Å²) in [6.07, 6.45) is 3.31. The minimum atomic E-state index is -1.09. The topological polar surface area (TPSA) is 132 Å². The minimum absolute atomic E-state index is 0.0945. The van der Waals surface area contributed by atoms with E-state index >= 15 is 0 Å². The molecule has 32 heavy (non-hydrogen) atoms. The molecule has 0 saturated carbocycles. The van der Waals surface area contributed by atoms with E-state index in [-0.39, 0.29) is 25.2 Å². The van der Waals surface area contributed by atoms with Crippen molar-refractivity contribution in [1.29, 1.82) is 0 Å². The van der Waals surface area contributed by atoms with E-state index in [1.54, 1.807) is 6.07 Å². The maximum atomic E-state index is 12.9. The van der Waals surface area contributed by atoms with Gasteiger partial charge in [-0.2, -0.15) is 0 Å². The third-order valence-corrected chi connectivity index (χ3v) is 5.87. The molecule has 1 unspecified atom stereocenters. The zero-order valence-corrected chi connectivity index (χ0v) is 18.2. The second-order valence-electron chi connectivity index (χ2n) is 7.74. The fourth-order valence-electron chi connectivity index (χ4n) is 3.98. The molecule has 1 aliphatic heterocycles. The van der Waals surface area contributed by atoms with Gasteiger partial charge in [-0.05, 0) is 56.2 Å². The van der Waals surface area contributed by atoms with Gasteiger partial charge in [-0.25, -0.2) is 4.99 Å². The van der Waals surface area contributed by atoms with E-state index in [2.05, 4.69) is 22.0 Å². The number of aromatic nitrogens is 1. The Morgan fingerprint density at radius 2 is 2.09 bits per heavy atom. The molecule has 170 valence electrons. The van der Waals surface area contributed by atoms with E-state index in [1.807, 2.05) is 18.3 Å². The van der Waals surface area contributed by atoms with Crippen LogP contribution >= 0.6 is 11.6 Å². The molecule has 1 saturated heterocycles. The Labute approximate surface area is 189 Å². The summed E-state index contributed by atoms with van der Waals surface area (Å²) < 4.78 is 0. The van der Waals surface area contributed by atoms with E-state index in [0.29, 0.717) is 30.8 Å². The summed E-state index contributed by atoms with van der Waals surface area (Å²) in [6.45, 7) is 3.61. The average Bonchev–Trinajstić information content (AvgIpc) is 3.41. The van der Waals surface area contributed by atoms with Crippen LogP contribution in [0, 0.1) is 0 Å². The number of halogens is 1. The molecule has 2 aromatic rings. The first-order chi connectivity index (χ1) is 15.3. The highest BCUT2D eigenvalue weighted by Crippen LogP contribution is 2.25. The average molecular weight is 461 g/mol. The maximum absolute atomic E-state index is 12.9. The van der Waals surface area contributed by atoms with Gasteiger partial charge in [0.2, 0.25) is 11.8 Å². The molecule has 0 bridgehead atoms. The molecule has 0 aliphatic carbocycles. The van der Waals surface area contributed by atoms with Gasteiger partial charge >= 0.3 is 5.97 Å². The molecule has 0 radical (unpaired) electrons. The molecular weight excluding hydrogens is 436 g/mol. The van der Waals surface area contributed by atoms with E-state index in [4.69, 9.17) is 16.7 Å². The number of likely N-dealkylation sites (tertiary alicyclic amines) is 1. The molecule has 10 heteroatoms. The van der Waals surface area contributed by atoms with Crippen molar-refractivity contribution >= 4 is 52.9 Å². The minimum Gasteiger partial charge on any atom is -0.481 e. The number of amides is 3. The molecule has 2 atom stereocenters. The molecular formula is C22H25ClN4O5. The lowest BCUT2D eigenvalue weighted by Gasteiger charge is -2.25. The predicted octanol–water partition coefficient (Wildman–Crippen LogP) is 2.32. The van der Waals surface area contributed by atoms with Crippen LogP contribution < -0.4 is 5.32 Å². The Bertz CT molecular complexity index is 1050. The quantitative estimate of drug-likeness (QED) is 0.494. The lowest BCUT2D eigenvalue weighted by atomic mass is 10.1. The molecule has 9 nitrogen and oxygen atoms in total. The lowest BCUT2D eigenvalue weighted by Crippen LogP contribution is -2.50. The molecule has 1 fully saturated rings. The molecule has 1 aliphatic rings. The van der Waals surface area contributed by atoms with Crippen LogP contribution in [0.15, 0.2) is 29.4 Å². The van der Waals surface area contributed by atoms with Crippen molar-refractivity contribution in [3.63, 3.8) is 0 Å². The van der Waals surface area contributed by atoms with E-state index in [9.17, 15) is 19.2 Å². The Morgan fingerprint density at radius 3 is 2.81 bits per heavy atom. The number of carbonyl (C=O) groups is 4. The van der Waals surface area contributed by atoms with Crippen LogP contribution in [-0.2, 0) is 25.6 Å². The van der Waals surface area contributed by atoms with E-state index in [1.165, 1.54) is 4.90 Å². The number of aliphatic carboxylic acids is 1. The molecule has 0 spiro atoms. The lowest BCUT2D eigenvalue weighted by molar-refractivity contribution is -0.139. The molecule has 1 aromatic carbocycles. The third-order valence-electron chi connectivity index (χ3n) is 5.63. The summed E-state index contributed by atoms with van der Waals surface area (Å²) in [7, 11) is 0. The molecule has 3 N–H and O–H groups in total. The Morgan fingerprint density at radius 1 is 1.31 bits per heavy atom. The third kappa shape index (κ3) is 5.53. The van der Waals surface area contributed by atoms with Gasteiger partial charge in [0, 0.05) is 41.5 Å². The highest BCUT2D eigenvalue weighted by Gasteiger charge is 2.35. The number of nitrogens with zero attached hydrogens (tertiary/aromatic N) is 2. The summed E-state index contributed by atoms with van der Waals surface area (Å²) in [6, 6.07) is 3.74. The van der Waals surface area contributed by atoms with Crippen molar-refractivity contribution in [2.24, 2.45) is 4.99 Å². The van der Waals surface area contributed by atoms with Gasteiger partial charge in [-0.3, -0.25) is 19.2 Å². The van der Waals surface area contributed by atoms with Crippen LogP contribution in [0.3, 0.4) is 0 Å². The number of benzene rings is 1. The number of hydrogen-bond donors (Lipinski definition) is 3. The summed E-state index contributed by atoms with van der Waals surface area (Å²) in [4.78, 5) is 56.4. The van der Waals surface area contributed by atoms with Crippen molar-refractivity contribution in [3.8, 4) is 0 Å². The SMILES string of the molecule is C=NC(=O)C(CCC(=O)O)NC(=O)[C@@H]1CCCN1C(=O)CCc1c[nH]c2ccc(Cl)cc12. The number of aryl methyl sites for hydroxylation is 1. The zero-order valence-electron chi connectivity index (χ0n) is 17.5. The van der Waals surface area contributed by atoms with Crippen LogP contribution in [0.5, 0.6) is 0 Å². The maximum Gasteiger partial charge on any atom is 0.303 e. The van der Waals surface area contributed by atoms with Gasteiger partial charge in [-0.15, -0.1) is 0 Å². The van der Waals surface area contributed by atoms with Crippen LogP contribution in [0.2, 0.25) is 5.02 Å². The van der Waals surface area contributed by atoms with E-state index in [0.717, 1.165) is 16.5 Å². The summed E-state index contributed by atoms with van der Waals surface area (Å²) >= 11 is 6.08. The van der Waals surface area contributed by atoms with Crippen molar-refractivity contribution < 1.29 is 24.3 Å². The highest BCUT2D eigenvalue weighted by atomic mass is 35.5. The number of hydrogen-bond acceptors (Lipinski definition) is 4. The second-order valence-corrected chi connectivity index (χ2v) is 8.18. The van der Waals surface area contributed by atoms with Crippen LogP contribution in [0.4, 0.5) is 0 Å². The molecule has 1 aromatic heterocycles. The van der Waals surface area contributed by atoms with Crippen molar-refractivity contribution in [2.45, 2.75) is 50.6 Å². The number of rotatable bonds is 9. The number of carbonyl (C=O) groups excluding carboxylic acids is 3. The zero-order chi connectivity index (χ0) is 23.3. The molecule has 3 rings (SSSR count). The number of fused-ring (bicyclic) bond motifs is 1. The van der Waals surface area contributed by atoms with Gasteiger partial charge in [0.25, 0.3) is 5.91 Å². The smallest absolute Gasteiger partial charge is 0.303 e. The standard InChI is InChI=1S/C22H25ClN4O5/c1-24-21(31)17(7-9-20(29)30)26-22(32)18-3-2-10-27(18)19(28)8-4-13-12-25-16-6-5-14(23)11-15(13)16/h5-6,11-12,17-18,25H,1-4,7-10H2,(H,26,32)(H,29,30)/t17?,18-/m0/s1. The number of nitrogens with one attached hydrogen (secondary N) is 2. The van der Waals surface area contributed by atoms with Gasteiger partial charge in [0.15, 0.2) is 0 Å². The number of carboxylic acids is 1. The van der Waals surface area contributed by atoms with Gasteiger partial charge in [0.1, 0.15) is 12.1 Å². The van der Waals surface area contributed by atoms with Crippen LogP contribution in [0.1, 0.15) is 37.7 Å². The Kier molecular flexibility index (Phi) is 7.63. The molecule has 3 amide bonds. The van der Waals surface area contributed by atoms with E-state index < -0.39 is 29.9 Å². The fraction of sp³-hybridized carbons (Fsp3) is 0.409. The number of carboxylic acid groups (broad SMARTS) is 1.